The molecule has 0 bridgehead atoms. The molecule has 2 N–H and O–H groups in total. The van der Waals surface area contributed by atoms with Crippen LogP contribution in [-0.4, -0.2) is 36.0 Å². The molecule has 0 aromatic rings. The van der Waals surface area contributed by atoms with E-state index in [0.717, 1.165) is 51.4 Å². The van der Waals surface area contributed by atoms with E-state index in [9.17, 15) is 9.90 Å². The summed E-state index contributed by atoms with van der Waals surface area (Å²) in [6.45, 7) is 0.297. The lowest BCUT2D eigenvalue weighted by atomic mass is 10.1. The fraction of sp³-hybridized carbons (Fsp3) is 0.824. The standard InChI is InChI=1S/C17H32O4/c1-21-17(20)14-10-7-9-13-16(19)12-8-5-3-2-4-6-11-15-18/h8,12,16,18-19H,2-7,9-11,13-15H2,1H3. The number of esters is 1. The number of unbranched alkanes of at least 4 members (excludes halogenated alkanes) is 7. The van der Waals surface area contributed by atoms with Gasteiger partial charge < -0.3 is 14.9 Å². The van der Waals surface area contributed by atoms with Crippen molar-refractivity contribution in [2.75, 3.05) is 13.7 Å². The summed E-state index contributed by atoms with van der Waals surface area (Å²) in [5.41, 5.74) is 0. The van der Waals surface area contributed by atoms with Gasteiger partial charge in [0.25, 0.3) is 0 Å². The molecular formula is C17H32O4. The minimum absolute atomic E-state index is 0.158. The number of allylic oxidation sites excluding steroid dienone is 1. The Morgan fingerprint density at radius 2 is 1.71 bits per heavy atom. The monoisotopic (exact) mass is 300 g/mol. The van der Waals surface area contributed by atoms with Crippen molar-refractivity contribution in [1.29, 1.82) is 0 Å². The number of rotatable bonds is 14. The first kappa shape index (κ1) is 20.1. The van der Waals surface area contributed by atoms with E-state index in [1.165, 1.54) is 20.0 Å². The molecule has 0 aliphatic heterocycles. The molecule has 21 heavy (non-hydrogen) atoms. The summed E-state index contributed by atoms with van der Waals surface area (Å²) in [6.07, 6.45) is 14.1. The number of aliphatic hydroxyl groups is 2. The van der Waals surface area contributed by atoms with Crippen LogP contribution in [0.5, 0.6) is 0 Å². The number of carbonyl (C=O) groups excluding carboxylic acids is 1. The van der Waals surface area contributed by atoms with Crippen molar-refractivity contribution in [2.45, 2.75) is 76.7 Å². The highest BCUT2D eigenvalue weighted by Crippen LogP contribution is 2.09. The SMILES string of the molecule is COC(=O)CCCCCC(O)C=CCCCCCCCO. The Hall–Kier alpha value is -0.870. The Kier molecular flexibility index (Phi) is 14.9. The van der Waals surface area contributed by atoms with Gasteiger partial charge in [-0.2, -0.15) is 0 Å². The van der Waals surface area contributed by atoms with Gasteiger partial charge in [0.1, 0.15) is 0 Å². The van der Waals surface area contributed by atoms with Crippen molar-refractivity contribution in [3.8, 4) is 0 Å². The smallest absolute Gasteiger partial charge is 0.305 e. The van der Waals surface area contributed by atoms with E-state index in [2.05, 4.69) is 10.8 Å². The molecular weight excluding hydrogens is 268 g/mol. The summed E-state index contributed by atoms with van der Waals surface area (Å²) in [5.74, 6) is -0.158. The molecule has 0 aliphatic carbocycles. The first-order valence-electron chi connectivity index (χ1n) is 8.23. The van der Waals surface area contributed by atoms with Gasteiger partial charge in [-0.3, -0.25) is 4.79 Å². The van der Waals surface area contributed by atoms with Crippen molar-refractivity contribution >= 4 is 5.97 Å². The Morgan fingerprint density at radius 3 is 2.43 bits per heavy atom. The van der Waals surface area contributed by atoms with Crippen molar-refractivity contribution in [2.24, 2.45) is 0 Å². The third-order valence-electron chi connectivity index (χ3n) is 3.50. The largest absolute Gasteiger partial charge is 0.469 e. The van der Waals surface area contributed by atoms with Gasteiger partial charge in [-0.15, -0.1) is 0 Å². The van der Waals surface area contributed by atoms with Gasteiger partial charge in [-0.25, -0.2) is 0 Å². The summed E-state index contributed by atoms with van der Waals surface area (Å²) >= 11 is 0. The molecule has 0 spiro atoms. The van der Waals surface area contributed by atoms with Gasteiger partial charge in [0, 0.05) is 13.0 Å². The van der Waals surface area contributed by atoms with Crippen molar-refractivity contribution in [3.05, 3.63) is 12.2 Å². The van der Waals surface area contributed by atoms with Gasteiger partial charge >= 0.3 is 5.97 Å². The second kappa shape index (κ2) is 15.5. The first-order valence-corrected chi connectivity index (χ1v) is 8.23. The van der Waals surface area contributed by atoms with Crippen LogP contribution in [0.3, 0.4) is 0 Å². The highest BCUT2D eigenvalue weighted by molar-refractivity contribution is 5.68. The summed E-state index contributed by atoms with van der Waals surface area (Å²) in [4.78, 5) is 10.9. The van der Waals surface area contributed by atoms with Gasteiger partial charge in [0.15, 0.2) is 0 Å². The third kappa shape index (κ3) is 15.3. The lowest BCUT2D eigenvalue weighted by molar-refractivity contribution is -0.140. The minimum atomic E-state index is -0.363. The van der Waals surface area contributed by atoms with Crippen LogP contribution in [0, 0.1) is 0 Å². The molecule has 0 aliphatic rings. The molecule has 4 nitrogen and oxygen atoms in total. The highest BCUT2D eigenvalue weighted by Gasteiger charge is 2.01. The Labute approximate surface area is 129 Å². The van der Waals surface area contributed by atoms with Crippen LogP contribution in [0.15, 0.2) is 12.2 Å². The van der Waals surface area contributed by atoms with Gasteiger partial charge in [-0.1, -0.05) is 44.3 Å². The van der Waals surface area contributed by atoms with E-state index in [0.29, 0.717) is 13.0 Å². The molecule has 0 heterocycles. The second-order valence-electron chi connectivity index (χ2n) is 5.45. The predicted molar refractivity (Wildman–Crippen MR) is 85.0 cm³/mol. The topological polar surface area (TPSA) is 66.8 Å². The maximum Gasteiger partial charge on any atom is 0.305 e. The third-order valence-corrected chi connectivity index (χ3v) is 3.50. The van der Waals surface area contributed by atoms with Crippen LogP contribution in [0.1, 0.15) is 70.6 Å². The molecule has 0 saturated carbocycles. The predicted octanol–water partition coefficient (Wildman–Crippen LogP) is 3.36. The summed E-state index contributed by atoms with van der Waals surface area (Å²) in [5, 5.41) is 18.4. The molecule has 0 radical (unpaired) electrons. The minimum Gasteiger partial charge on any atom is -0.469 e. The van der Waals surface area contributed by atoms with Crippen molar-refractivity contribution in [1.82, 2.24) is 0 Å². The number of carbonyl (C=O) groups is 1. The Bertz CT molecular complexity index is 264. The Morgan fingerprint density at radius 1 is 1.05 bits per heavy atom. The van der Waals surface area contributed by atoms with Crippen LogP contribution in [0.4, 0.5) is 0 Å². The van der Waals surface area contributed by atoms with Crippen molar-refractivity contribution < 1.29 is 19.7 Å². The maximum absolute atomic E-state index is 10.9. The van der Waals surface area contributed by atoms with Crippen LogP contribution < -0.4 is 0 Å². The number of ether oxygens (including phenoxy) is 1. The number of aliphatic hydroxyl groups excluding tert-OH is 2. The quantitative estimate of drug-likeness (QED) is 0.293. The molecule has 0 rings (SSSR count). The molecule has 124 valence electrons. The summed E-state index contributed by atoms with van der Waals surface area (Å²) < 4.78 is 4.57. The fourth-order valence-electron chi connectivity index (χ4n) is 2.16. The molecule has 0 aromatic heterocycles. The average Bonchev–Trinajstić information content (AvgIpc) is 2.49. The zero-order valence-electron chi connectivity index (χ0n) is 13.4. The molecule has 0 saturated heterocycles. The molecule has 4 heteroatoms. The van der Waals surface area contributed by atoms with Crippen LogP contribution in [0.2, 0.25) is 0 Å². The normalized spacial score (nSPS) is 12.7. The van der Waals surface area contributed by atoms with E-state index >= 15 is 0 Å². The van der Waals surface area contributed by atoms with Crippen LogP contribution >= 0.6 is 0 Å². The molecule has 0 amide bonds. The molecule has 1 atom stereocenters. The maximum atomic E-state index is 10.9. The fourth-order valence-corrected chi connectivity index (χ4v) is 2.16. The molecule has 0 aromatic carbocycles. The van der Waals surface area contributed by atoms with E-state index < -0.39 is 0 Å². The molecule has 1 unspecified atom stereocenters. The van der Waals surface area contributed by atoms with Gasteiger partial charge in [-0.05, 0) is 32.1 Å². The Balaban J connectivity index is 3.34. The number of hydrogen-bond acceptors (Lipinski definition) is 4. The lowest BCUT2D eigenvalue weighted by Crippen LogP contribution is -2.02. The summed E-state index contributed by atoms with van der Waals surface area (Å²) in [7, 11) is 1.41. The van der Waals surface area contributed by atoms with E-state index in [4.69, 9.17) is 5.11 Å². The first-order chi connectivity index (χ1) is 10.2. The van der Waals surface area contributed by atoms with Crippen LogP contribution in [0.25, 0.3) is 0 Å². The van der Waals surface area contributed by atoms with E-state index in [1.54, 1.807) is 0 Å². The van der Waals surface area contributed by atoms with Gasteiger partial charge in [0.2, 0.25) is 0 Å². The van der Waals surface area contributed by atoms with E-state index in [-0.39, 0.29) is 12.1 Å². The lowest BCUT2D eigenvalue weighted by Gasteiger charge is -2.05. The van der Waals surface area contributed by atoms with Gasteiger partial charge in [0.05, 0.1) is 13.2 Å². The summed E-state index contributed by atoms with van der Waals surface area (Å²) in [6, 6.07) is 0. The zero-order valence-corrected chi connectivity index (χ0v) is 13.4. The average molecular weight is 300 g/mol. The highest BCUT2D eigenvalue weighted by atomic mass is 16.5. The van der Waals surface area contributed by atoms with E-state index in [1.807, 2.05) is 6.08 Å². The zero-order chi connectivity index (χ0) is 15.8. The number of hydrogen-bond donors (Lipinski definition) is 2. The number of methoxy groups -OCH3 is 1. The van der Waals surface area contributed by atoms with Crippen molar-refractivity contribution in [3.63, 3.8) is 0 Å². The molecule has 0 fully saturated rings. The second-order valence-corrected chi connectivity index (χ2v) is 5.45. The van der Waals surface area contributed by atoms with Crippen LogP contribution in [-0.2, 0) is 9.53 Å².